The van der Waals surface area contributed by atoms with Gasteiger partial charge in [-0.2, -0.15) is 0 Å². The second-order valence-corrected chi connectivity index (χ2v) is 22.9. The Hall–Kier alpha value is -4.99. The third-order valence-electron chi connectivity index (χ3n) is 12.7. The number of likely N-dealkylation sites (N-methyl/N-ethyl adjacent to an activating group) is 2. The number of urea groups is 2. The number of terminal acetylenes is 2. The standard InChI is InChI=1S/C29H56N7O2.C16H11N4.C13H21N3O2.CH4.4BrH/c1-8-9-10-11-12-13-14-15-16-17-21-35(4,5)23-20-33-24-26(31-32-33)25-36(6,7)22-18-19-34-27(37)29(2,3)30-28(34)38;1-4-5-6-7-8-9-10-11-12-13-15-20(2,3)16-14-18-19-17;1-6-9-16(4,5)10-7-8-15-11(17)13(2,3)14-12(15)18;;;;;/h24H,8-23,25H2,1-7H3;1H,14,16H2,2-3H3;1H,7-10H2,2-5H3;1H4;4*1H/q2*+1;;;;;;/p-2. The summed E-state index contributed by atoms with van der Waals surface area (Å²) in [5, 5.41) is 17.7. The van der Waals surface area contributed by atoms with E-state index in [0.29, 0.717) is 41.7 Å². The Morgan fingerprint density at radius 1 is 0.593 bits per heavy atom. The van der Waals surface area contributed by atoms with Crippen LogP contribution in [0.15, 0.2) is 11.3 Å². The number of carbonyl (C=O) groups is 4. The van der Waals surface area contributed by atoms with Gasteiger partial charge in [0.1, 0.15) is 29.9 Å². The first-order valence-corrected chi connectivity index (χ1v) is 26.6. The van der Waals surface area contributed by atoms with Crippen LogP contribution in [0.1, 0.15) is 125 Å². The lowest BCUT2D eigenvalue weighted by atomic mass is 10.1. The van der Waals surface area contributed by atoms with Crippen molar-refractivity contribution in [3.8, 4) is 84.0 Å². The number of unbranched alkanes of at least 4 members (excludes halogenated alkanes) is 9. The van der Waals surface area contributed by atoms with Crippen LogP contribution < -0.4 is 78.6 Å². The van der Waals surface area contributed by atoms with Crippen molar-refractivity contribution in [3.63, 3.8) is 0 Å². The number of azide groups is 1. The van der Waals surface area contributed by atoms with Gasteiger partial charge in [-0.1, -0.05) is 76.0 Å². The van der Waals surface area contributed by atoms with Crippen LogP contribution in [0.4, 0.5) is 9.59 Å². The first kappa shape index (κ1) is 84.8. The quantitative estimate of drug-likeness (QED) is 0.0161. The molecule has 0 bridgehead atoms. The highest BCUT2D eigenvalue weighted by atomic mass is 79.9. The summed E-state index contributed by atoms with van der Waals surface area (Å²) in [6, 6.07) is 2.33. The number of carbonyl (C=O) groups excluding carboxylic acids is 4. The summed E-state index contributed by atoms with van der Waals surface area (Å²) in [5.74, 6) is 27.0. The lowest BCUT2D eigenvalue weighted by molar-refractivity contribution is -0.904. The predicted octanol–water partition coefficient (Wildman–Crippen LogP) is -5.38. The number of hydrogen-bond donors (Lipinski definition) is 2. The highest BCUT2D eigenvalue weighted by molar-refractivity contribution is 6.07. The van der Waals surface area contributed by atoms with E-state index in [1.165, 1.54) is 80.6 Å². The maximum atomic E-state index is 12.4. The van der Waals surface area contributed by atoms with Crippen LogP contribution in [-0.4, -0.2) is 193 Å². The number of hydrogen-bond acceptors (Lipinski definition) is 7. The average Bonchev–Trinajstić information content (AvgIpc) is 3.92. The Morgan fingerprint density at radius 2 is 1.02 bits per heavy atom. The Bertz CT molecular complexity index is 2550. The van der Waals surface area contributed by atoms with E-state index in [0.717, 1.165) is 60.2 Å². The van der Waals surface area contributed by atoms with Crippen LogP contribution in [0.2, 0.25) is 0 Å². The number of aromatic nitrogens is 3. The summed E-state index contributed by atoms with van der Waals surface area (Å²) >= 11 is 0. The molecule has 0 unspecified atom stereocenters. The monoisotopic (exact) mass is 1380 g/mol. The molecule has 1 aromatic rings. The van der Waals surface area contributed by atoms with E-state index in [1.54, 1.807) is 27.7 Å². The molecule has 2 aliphatic rings. The fourth-order valence-corrected chi connectivity index (χ4v) is 8.06. The normalized spacial score (nSPS) is 13.3. The number of quaternary nitrogens is 4. The van der Waals surface area contributed by atoms with E-state index in [1.807, 2.05) is 32.9 Å². The number of rotatable bonds is 28. The first-order chi connectivity index (χ1) is 35.7. The van der Waals surface area contributed by atoms with E-state index >= 15 is 0 Å². The number of nitrogens with one attached hydrogen (secondary N) is 2. The number of amides is 6. The van der Waals surface area contributed by atoms with Crippen molar-refractivity contribution < 1.29 is 105 Å². The predicted molar refractivity (Wildman–Crippen MR) is 308 cm³/mol. The van der Waals surface area contributed by atoms with Gasteiger partial charge in [0.15, 0.2) is 6.04 Å². The zero-order valence-corrected chi connectivity index (χ0v) is 56.4. The molecule has 22 heteroatoms. The zero-order chi connectivity index (χ0) is 57.3. The van der Waals surface area contributed by atoms with Gasteiger partial charge in [0, 0.05) is 54.5 Å². The van der Waals surface area contributed by atoms with Gasteiger partial charge >= 0.3 is 12.1 Å². The molecule has 0 atom stereocenters. The van der Waals surface area contributed by atoms with E-state index in [-0.39, 0.29) is 99.2 Å². The third-order valence-corrected chi connectivity index (χ3v) is 12.7. The van der Waals surface area contributed by atoms with E-state index in [9.17, 15) is 19.2 Å². The minimum Gasteiger partial charge on any atom is -1.00 e. The molecule has 3 heterocycles. The van der Waals surface area contributed by atoms with Gasteiger partial charge < -0.3 is 92.0 Å². The Kier molecular flexibility index (Phi) is 45.7. The fourth-order valence-electron chi connectivity index (χ4n) is 8.06. The minimum absolute atomic E-state index is 0. The van der Waals surface area contributed by atoms with Crippen LogP contribution in [0.25, 0.3) is 10.4 Å². The summed E-state index contributed by atoms with van der Waals surface area (Å²) in [6.07, 6.45) is 27.5. The molecule has 0 spiro atoms. The number of nitrogens with zero attached hydrogens (tertiary/aromatic N) is 12. The van der Waals surface area contributed by atoms with Crippen LogP contribution in [-0.2, 0) is 22.7 Å². The highest BCUT2D eigenvalue weighted by Crippen LogP contribution is 2.19. The summed E-state index contributed by atoms with van der Waals surface area (Å²) in [6.45, 7) is 17.3. The Labute approximate surface area is 530 Å². The molecule has 0 aliphatic carbocycles. The molecule has 452 valence electrons. The van der Waals surface area contributed by atoms with Gasteiger partial charge in [-0.15, -0.1) is 17.9 Å². The van der Waals surface area contributed by atoms with Gasteiger partial charge in [0.05, 0.1) is 114 Å². The fraction of sp³-hybridized carbons (Fsp3) is 0.661. The van der Waals surface area contributed by atoms with Crippen molar-refractivity contribution in [1.82, 2.24) is 35.4 Å². The summed E-state index contributed by atoms with van der Waals surface area (Å²) in [7, 11) is 16.8. The van der Waals surface area contributed by atoms with Gasteiger partial charge in [0.2, 0.25) is 0 Å². The number of imide groups is 2. The summed E-state index contributed by atoms with van der Waals surface area (Å²) in [5.41, 5.74) is 7.57. The molecular formula is C59H94Br4N14O4. The molecule has 2 N–H and O–H groups in total. The maximum Gasteiger partial charge on any atom is 0.325 e. The van der Waals surface area contributed by atoms with E-state index in [4.69, 9.17) is 18.4 Å². The highest BCUT2D eigenvalue weighted by Gasteiger charge is 2.45. The second kappa shape index (κ2) is 43.7. The van der Waals surface area contributed by atoms with Crippen molar-refractivity contribution in [2.24, 2.45) is 5.11 Å². The van der Waals surface area contributed by atoms with Crippen molar-refractivity contribution in [2.75, 3.05) is 115 Å². The third kappa shape index (κ3) is 37.7. The van der Waals surface area contributed by atoms with Crippen molar-refractivity contribution in [2.45, 2.75) is 143 Å². The molecular weight excluding hydrogens is 1290 g/mol. The van der Waals surface area contributed by atoms with Crippen LogP contribution in [0, 0.1) is 84.0 Å². The summed E-state index contributed by atoms with van der Waals surface area (Å²) < 4.78 is 4.80. The molecule has 6 amide bonds. The average molecular weight is 1380 g/mol. The zero-order valence-electron chi connectivity index (χ0n) is 50.0. The first-order valence-electron chi connectivity index (χ1n) is 26.6. The van der Waals surface area contributed by atoms with Crippen molar-refractivity contribution in [1.29, 1.82) is 0 Å². The lowest BCUT2D eigenvalue weighted by Gasteiger charge is -2.30. The molecule has 1 aromatic heterocycles. The van der Waals surface area contributed by atoms with Crippen molar-refractivity contribution in [3.05, 3.63) is 22.3 Å². The van der Waals surface area contributed by atoms with E-state index in [2.05, 4.69) is 143 Å². The molecule has 0 aromatic carbocycles. The largest absolute Gasteiger partial charge is 1.00 e. The topological polar surface area (TPSA) is 178 Å². The molecule has 2 fully saturated rings. The molecule has 0 saturated carbocycles. The van der Waals surface area contributed by atoms with Gasteiger partial charge in [0.25, 0.3) is 11.8 Å². The van der Waals surface area contributed by atoms with E-state index < -0.39 is 11.1 Å². The molecule has 3 rings (SSSR count). The molecule has 81 heavy (non-hydrogen) atoms. The molecule has 2 aliphatic heterocycles. The number of halogens is 4. The van der Waals surface area contributed by atoms with Gasteiger partial charge in [-0.05, 0) is 81.6 Å². The minimum atomic E-state index is -0.805. The van der Waals surface area contributed by atoms with Gasteiger partial charge in [-0.25, -0.2) is 14.3 Å². The second-order valence-electron chi connectivity index (χ2n) is 22.9. The smallest absolute Gasteiger partial charge is 0.325 e. The Morgan fingerprint density at radius 3 is 1.46 bits per heavy atom. The maximum absolute atomic E-state index is 12.4. The van der Waals surface area contributed by atoms with Crippen LogP contribution in [0.3, 0.4) is 0 Å². The Balaban J connectivity index is -0.000000381. The molecule has 2 saturated heterocycles. The molecule has 18 nitrogen and oxygen atoms in total. The van der Waals surface area contributed by atoms with Crippen LogP contribution >= 0.6 is 0 Å². The summed E-state index contributed by atoms with van der Waals surface area (Å²) in [4.78, 5) is 53.4. The van der Waals surface area contributed by atoms with Crippen LogP contribution in [0.5, 0.6) is 0 Å². The van der Waals surface area contributed by atoms with Gasteiger partial charge in [-0.3, -0.25) is 23.9 Å². The molecule has 0 radical (unpaired) electrons. The van der Waals surface area contributed by atoms with Crippen molar-refractivity contribution >= 4 is 23.9 Å². The lowest BCUT2D eigenvalue weighted by Crippen LogP contribution is -3.00. The SMILES string of the molecule is C.C#CC#CC#CC#CC#CC#C[N+](C)(C)CCN=[N+]=[N-].C#CC[N+](C)(C)CCCN1C(=O)NC(C)(C)C1=O.CCCCCCCCCCCC[N+](C)(C)CCn1cc(C[N+](C)(C)CCCN2C(=O)NC(C)(C)C2=O)nn1.[Br-].[Br-].[Br-].[Br-].